The SMILES string of the molecule is CC(C)[C@@H](OCc1cccc(OC(F)F)c1)C(=O)N[C@@H](C)c1ccc(-c2nnn[nH]2)cc1. The van der Waals surface area contributed by atoms with Crippen molar-refractivity contribution in [2.75, 3.05) is 0 Å². The van der Waals surface area contributed by atoms with Gasteiger partial charge in [0.2, 0.25) is 5.91 Å². The van der Waals surface area contributed by atoms with E-state index in [0.717, 1.165) is 11.1 Å². The van der Waals surface area contributed by atoms with Gasteiger partial charge in [0.05, 0.1) is 12.6 Å². The number of H-pyrrole nitrogens is 1. The smallest absolute Gasteiger partial charge is 0.387 e. The number of halogens is 2. The Bertz CT molecular complexity index is 997. The molecule has 0 radical (unpaired) electrons. The Morgan fingerprint density at radius 1 is 1.12 bits per heavy atom. The Kier molecular flexibility index (Phi) is 7.82. The predicted octanol–water partition coefficient (Wildman–Crippen LogP) is 3.89. The van der Waals surface area contributed by atoms with Crippen molar-refractivity contribution in [1.29, 1.82) is 0 Å². The second-order valence-corrected chi connectivity index (χ2v) is 7.60. The summed E-state index contributed by atoms with van der Waals surface area (Å²) in [4.78, 5) is 12.9. The minimum atomic E-state index is -2.90. The van der Waals surface area contributed by atoms with Crippen molar-refractivity contribution in [2.45, 2.75) is 46.1 Å². The number of aromatic nitrogens is 4. The van der Waals surface area contributed by atoms with Crippen LogP contribution >= 0.6 is 0 Å². The molecule has 0 bridgehead atoms. The number of nitrogens with zero attached hydrogens (tertiary/aromatic N) is 3. The number of nitrogens with one attached hydrogen (secondary N) is 2. The highest BCUT2D eigenvalue weighted by atomic mass is 19.3. The summed E-state index contributed by atoms with van der Waals surface area (Å²) in [7, 11) is 0. The third-order valence-corrected chi connectivity index (χ3v) is 4.81. The molecule has 1 heterocycles. The summed E-state index contributed by atoms with van der Waals surface area (Å²) in [5, 5.41) is 16.6. The molecule has 0 saturated carbocycles. The maximum absolute atomic E-state index is 12.9. The highest BCUT2D eigenvalue weighted by Gasteiger charge is 2.25. The van der Waals surface area contributed by atoms with E-state index in [9.17, 15) is 13.6 Å². The Hall–Kier alpha value is -3.40. The van der Waals surface area contributed by atoms with Gasteiger partial charge in [-0.25, -0.2) is 5.10 Å². The van der Waals surface area contributed by atoms with Crippen LogP contribution < -0.4 is 10.1 Å². The molecule has 0 aliphatic carbocycles. The molecule has 32 heavy (non-hydrogen) atoms. The molecule has 10 heteroatoms. The Morgan fingerprint density at radius 2 is 1.88 bits per heavy atom. The number of ether oxygens (including phenoxy) is 2. The number of tetrazole rings is 1. The predicted molar refractivity (Wildman–Crippen MR) is 113 cm³/mol. The lowest BCUT2D eigenvalue weighted by molar-refractivity contribution is -0.137. The van der Waals surface area contributed by atoms with Crippen LogP contribution in [0.4, 0.5) is 8.78 Å². The van der Waals surface area contributed by atoms with Crippen LogP contribution in [0.1, 0.15) is 37.9 Å². The van der Waals surface area contributed by atoms with Crippen LogP contribution in [0.5, 0.6) is 5.75 Å². The number of rotatable bonds is 10. The second-order valence-electron chi connectivity index (χ2n) is 7.60. The quantitative estimate of drug-likeness (QED) is 0.491. The molecule has 3 rings (SSSR count). The van der Waals surface area contributed by atoms with Crippen molar-refractivity contribution in [3.63, 3.8) is 0 Å². The summed E-state index contributed by atoms with van der Waals surface area (Å²) in [6, 6.07) is 13.5. The lowest BCUT2D eigenvalue weighted by atomic mass is 10.0. The highest BCUT2D eigenvalue weighted by molar-refractivity contribution is 5.81. The molecule has 2 aromatic carbocycles. The molecule has 0 spiro atoms. The third kappa shape index (κ3) is 6.30. The van der Waals surface area contributed by atoms with Gasteiger partial charge >= 0.3 is 6.61 Å². The van der Waals surface area contributed by atoms with E-state index in [4.69, 9.17) is 4.74 Å². The van der Waals surface area contributed by atoms with Crippen molar-refractivity contribution < 1.29 is 23.0 Å². The Balaban J connectivity index is 1.60. The topological polar surface area (TPSA) is 102 Å². The molecular weight excluding hydrogens is 420 g/mol. The summed E-state index contributed by atoms with van der Waals surface area (Å²) in [5.74, 6) is 0.259. The van der Waals surface area contributed by atoms with Crippen molar-refractivity contribution in [3.05, 3.63) is 59.7 Å². The maximum Gasteiger partial charge on any atom is 0.387 e. The van der Waals surface area contributed by atoms with Gasteiger partial charge < -0.3 is 14.8 Å². The number of aromatic amines is 1. The number of alkyl halides is 2. The lowest BCUT2D eigenvalue weighted by Gasteiger charge is -2.24. The number of carbonyl (C=O) groups excluding carboxylic acids is 1. The van der Waals surface area contributed by atoms with Gasteiger partial charge in [0, 0.05) is 5.56 Å². The average Bonchev–Trinajstić information content (AvgIpc) is 3.28. The van der Waals surface area contributed by atoms with E-state index in [2.05, 4.69) is 30.7 Å². The van der Waals surface area contributed by atoms with Gasteiger partial charge in [0.15, 0.2) is 5.82 Å². The van der Waals surface area contributed by atoms with Crippen LogP contribution in [0.2, 0.25) is 0 Å². The molecule has 170 valence electrons. The van der Waals surface area contributed by atoms with E-state index >= 15 is 0 Å². The fraction of sp³-hybridized carbons (Fsp3) is 0.364. The average molecular weight is 445 g/mol. The zero-order valence-corrected chi connectivity index (χ0v) is 18.0. The van der Waals surface area contributed by atoms with Gasteiger partial charge in [-0.1, -0.05) is 50.2 Å². The summed E-state index contributed by atoms with van der Waals surface area (Å²) >= 11 is 0. The van der Waals surface area contributed by atoms with Gasteiger partial charge in [0.25, 0.3) is 0 Å². The van der Waals surface area contributed by atoms with Crippen molar-refractivity contribution in [1.82, 2.24) is 25.9 Å². The number of amides is 1. The lowest BCUT2D eigenvalue weighted by Crippen LogP contribution is -2.40. The van der Waals surface area contributed by atoms with Crippen molar-refractivity contribution >= 4 is 5.91 Å². The third-order valence-electron chi connectivity index (χ3n) is 4.81. The molecule has 1 aromatic heterocycles. The van der Waals surface area contributed by atoms with Crippen LogP contribution in [-0.2, 0) is 16.1 Å². The Morgan fingerprint density at radius 3 is 2.50 bits per heavy atom. The van der Waals surface area contributed by atoms with E-state index < -0.39 is 12.7 Å². The normalized spacial score (nSPS) is 13.2. The standard InChI is InChI=1S/C22H25F2N5O3/c1-13(2)19(31-12-15-5-4-6-18(11-15)32-22(23)24)21(30)25-14(3)16-7-9-17(10-8-16)20-26-28-29-27-20/h4-11,13-14,19,22H,12H2,1-3H3,(H,25,30)(H,26,27,28,29)/t14-,19+/m0/s1. The molecule has 0 saturated heterocycles. The van der Waals surface area contributed by atoms with Gasteiger partial charge in [-0.2, -0.15) is 8.78 Å². The first kappa shape index (κ1) is 23.3. The fourth-order valence-corrected chi connectivity index (χ4v) is 3.16. The zero-order valence-electron chi connectivity index (χ0n) is 18.0. The van der Waals surface area contributed by atoms with Crippen molar-refractivity contribution in [2.24, 2.45) is 5.92 Å². The molecule has 0 aliphatic rings. The molecule has 1 amide bonds. The second kappa shape index (κ2) is 10.8. The number of carbonyl (C=O) groups is 1. The molecule has 0 unspecified atom stereocenters. The van der Waals surface area contributed by atoms with Crippen LogP contribution in [0, 0.1) is 5.92 Å². The van der Waals surface area contributed by atoms with E-state index in [1.165, 1.54) is 12.1 Å². The van der Waals surface area contributed by atoms with Gasteiger partial charge in [0.1, 0.15) is 11.9 Å². The fourth-order valence-electron chi connectivity index (χ4n) is 3.16. The molecule has 2 N–H and O–H groups in total. The van der Waals surface area contributed by atoms with Crippen LogP contribution in [-0.4, -0.2) is 39.2 Å². The molecule has 0 aliphatic heterocycles. The summed E-state index contributed by atoms with van der Waals surface area (Å²) in [6.07, 6.45) is -0.711. The molecule has 2 atom stereocenters. The monoisotopic (exact) mass is 445 g/mol. The van der Waals surface area contributed by atoms with E-state index in [-0.39, 0.29) is 30.2 Å². The first-order valence-corrected chi connectivity index (χ1v) is 10.1. The molecule has 0 fully saturated rings. The number of hydrogen-bond donors (Lipinski definition) is 2. The Labute approximate surface area is 184 Å². The minimum Gasteiger partial charge on any atom is -0.435 e. The van der Waals surface area contributed by atoms with E-state index in [1.807, 2.05) is 45.0 Å². The van der Waals surface area contributed by atoms with Crippen LogP contribution in [0.3, 0.4) is 0 Å². The largest absolute Gasteiger partial charge is 0.435 e. The van der Waals surface area contributed by atoms with E-state index in [0.29, 0.717) is 11.4 Å². The number of benzene rings is 2. The van der Waals surface area contributed by atoms with Crippen molar-refractivity contribution in [3.8, 4) is 17.1 Å². The van der Waals surface area contributed by atoms with E-state index in [1.54, 1.807) is 12.1 Å². The number of hydrogen-bond acceptors (Lipinski definition) is 6. The first-order valence-electron chi connectivity index (χ1n) is 10.1. The molecule has 8 nitrogen and oxygen atoms in total. The maximum atomic E-state index is 12.9. The van der Waals surface area contributed by atoms with Gasteiger partial charge in [-0.15, -0.1) is 5.10 Å². The zero-order chi connectivity index (χ0) is 23.1. The minimum absolute atomic E-state index is 0.0461. The van der Waals surface area contributed by atoms with Gasteiger partial charge in [-0.05, 0) is 46.5 Å². The molecular formula is C22H25F2N5O3. The summed E-state index contributed by atoms with van der Waals surface area (Å²) in [6.45, 7) is 2.83. The van der Waals surface area contributed by atoms with Gasteiger partial charge in [-0.3, -0.25) is 4.79 Å². The molecule has 3 aromatic rings. The van der Waals surface area contributed by atoms with Crippen LogP contribution in [0.25, 0.3) is 11.4 Å². The highest BCUT2D eigenvalue weighted by Crippen LogP contribution is 2.21. The van der Waals surface area contributed by atoms with Crippen LogP contribution in [0.15, 0.2) is 48.5 Å². The summed E-state index contributed by atoms with van der Waals surface area (Å²) in [5.41, 5.74) is 2.37. The summed E-state index contributed by atoms with van der Waals surface area (Å²) < 4.78 is 35.1. The first-order chi connectivity index (χ1) is 15.3.